The molecule has 3 aromatic carbocycles. The fraction of sp³-hybridized carbons (Fsp3) is 0.240. The molecule has 2 aromatic heterocycles. The van der Waals surface area contributed by atoms with Crippen LogP contribution in [-0.2, 0) is 11.4 Å². The highest BCUT2D eigenvalue weighted by Gasteiger charge is 2.30. The number of ether oxygens (including phenoxy) is 1. The van der Waals surface area contributed by atoms with Gasteiger partial charge in [0.1, 0.15) is 17.7 Å². The Bertz CT molecular complexity index is 1440. The lowest BCUT2D eigenvalue weighted by molar-refractivity contribution is 0.0280. The van der Waals surface area contributed by atoms with Gasteiger partial charge in [0, 0.05) is 13.1 Å². The zero-order valence-corrected chi connectivity index (χ0v) is 18.6. The van der Waals surface area contributed by atoms with Crippen molar-refractivity contribution in [2.75, 3.05) is 26.3 Å². The van der Waals surface area contributed by atoms with Crippen molar-refractivity contribution in [3.8, 4) is 0 Å². The number of morpholine rings is 1. The lowest BCUT2D eigenvalue weighted by Crippen LogP contribution is -2.44. The van der Waals surface area contributed by atoms with Crippen molar-refractivity contribution < 1.29 is 4.74 Å². The molecule has 34 heavy (non-hydrogen) atoms. The number of benzene rings is 3. The van der Waals surface area contributed by atoms with Gasteiger partial charge in [0.15, 0.2) is 5.84 Å². The van der Waals surface area contributed by atoms with Crippen LogP contribution in [0, 0.1) is 0 Å². The van der Waals surface area contributed by atoms with E-state index in [1.807, 2.05) is 64.0 Å². The highest BCUT2D eigenvalue weighted by Crippen LogP contribution is 2.26. The number of para-hydroxylation sites is 2. The summed E-state index contributed by atoms with van der Waals surface area (Å²) in [4.78, 5) is 7.51. The van der Waals surface area contributed by atoms with E-state index in [-0.39, 0.29) is 6.04 Å². The predicted octanol–water partition coefficient (Wildman–Crippen LogP) is 3.15. The molecule has 0 saturated carbocycles. The van der Waals surface area contributed by atoms with Crippen LogP contribution in [0.5, 0.6) is 0 Å². The molecule has 1 atom stereocenters. The Morgan fingerprint density at radius 3 is 2.24 bits per heavy atom. The summed E-state index contributed by atoms with van der Waals surface area (Å²) in [6.45, 7) is 3.29. The first-order valence-electron chi connectivity index (χ1n) is 11.4. The summed E-state index contributed by atoms with van der Waals surface area (Å²) in [5.41, 5.74) is 4.68. The molecule has 0 aliphatic carbocycles. The van der Waals surface area contributed by atoms with E-state index < -0.39 is 0 Å². The van der Waals surface area contributed by atoms with Gasteiger partial charge in [0.25, 0.3) is 0 Å². The molecule has 0 N–H and O–H groups in total. The molecular weight excluding hydrogens is 428 g/mol. The molecule has 1 aliphatic rings. The van der Waals surface area contributed by atoms with Crippen LogP contribution in [0.25, 0.3) is 22.1 Å². The first-order valence-corrected chi connectivity index (χ1v) is 11.4. The van der Waals surface area contributed by atoms with Crippen LogP contribution in [0.15, 0.2) is 83.9 Å². The predicted molar refractivity (Wildman–Crippen MR) is 129 cm³/mol. The number of nitrogens with zero attached hydrogens (tertiary/aromatic N) is 8. The summed E-state index contributed by atoms with van der Waals surface area (Å²) < 4.78 is 9.33. The summed E-state index contributed by atoms with van der Waals surface area (Å²) in [6, 6.07) is 26.2. The van der Waals surface area contributed by atoms with Gasteiger partial charge in [-0.2, -0.15) is 4.68 Å². The van der Waals surface area contributed by atoms with Crippen molar-refractivity contribution in [1.29, 1.82) is 0 Å². The van der Waals surface area contributed by atoms with Crippen LogP contribution in [0.1, 0.15) is 11.6 Å². The average Bonchev–Trinajstić information content (AvgIpc) is 3.52. The van der Waals surface area contributed by atoms with Crippen LogP contribution in [-0.4, -0.2) is 67.0 Å². The van der Waals surface area contributed by atoms with Gasteiger partial charge < -0.3 is 4.74 Å². The van der Waals surface area contributed by atoms with Crippen LogP contribution in [0.3, 0.4) is 0 Å². The normalized spacial score (nSPS) is 16.3. The Kier molecular flexibility index (Phi) is 5.54. The Balaban J connectivity index is 1.50. The van der Waals surface area contributed by atoms with Crippen molar-refractivity contribution in [2.45, 2.75) is 12.7 Å². The van der Waals surface area contributed by atoms with Gasteiger partial charge in [-0.25, -0.2) is 9.67 Å². The van der Waals surface area contributed by atoms with Crippen molar-refractivity contribution in [2.24, 2.45) is 4.99 Å². The van der Waals surface area contributed by atoms with Gasteiger partial charge in [0.2, 0.25) is 0 Å². The molecule has 9 nitrogen and oxygen atoms in total. The van der Waals surface area contributed by atoms with Gasteiger partial charge in [-0.3, -0.25) is 4.90 Å². The van der Waals surface area contributed by atoms with Gasteiger partial charge >= 0.3 is 0 Å². The van der Waals surface area contributed by atoms with Crippen molar-refractivity contribution in [3.05, 3.63) is 84.4 Å². The monoisotopic (exact) mass is 452 g/mol. The molecule has 1 saturated heterocycles. The van der Waals surface area contributed by atoms with Crippen LogP contribution in [0.4, 0.5) is 0 Å². The summed E-state index contributed by atoms with van der Waals surface area (Å²) >= 11 is 0. The third kappa shape index (κ3) is 3.85. The largest absolute Gasteiger partial charge is 0.379 e. The number of hydrogen-bond acceptors (Lipinski definition) is 7. The zero-order chi connectivity index (χ0) is 22.7. The van der Waals surface area contributed by atoms with E-state index in [1.165, 1.54) is 0 Å². The van der Waals surface area contributed by atoms with Gasteiger partial charge in [-0.15, -0.1) is 10.2 Å². The molecule has 0 bridgehead atoms. The van der Waals surface area contributed by atoms with Crippen molar-refractivity contribution in [3.63, 3.8) is 0 Å². The SMILES string of the molecule is c1ccc(C(/C(=N\Cn2nnc3ccccc32)n2nnc3ccccc32)N2CCOCC2)cc1. The molecule has 0 spiro atoms. The number of rotatable bonds is 5. The first kappa shape index (κ1) is 20.6. The van der Waals surface area contributed by atoms with Crippen LogP contribution < -0.4 is 0 Å². The highest BCUT2D eigenvalue weighted by molar-refractivity contribution is 5.96. The molecular formula is C25H24N8O. The molecule has 5 aromatic rings. The summed E-state index contributed by atoms with van der Waals surface area (Å²) in [7, 11) is 0. The summed E-state index contributed by atoms with van der Waals surface area (Å²) in [6.07, 6.45) is 0. The van der Waals surface area contributed by atoms with Gasteiger partial charge in [-0.05, 0) is 29.8 Å². The maximum atomic E-state index is 5.65. The quantitative estimate of drug-likeness (QED) is 0.301. The third-order valence-electron chi connectivity index (χ3n) is 6.13. The molecule has 0 amide bonds. The number of fused-ring (bicyclic) bond motifs is 2. The number of aliphatic imine (C=N–C) groups is 1. The van der Waals surface area contributed by atoms with E-state index in [2.05, 4.69) is 49.8 Å². The molecule has 1 aliphatic heterocycles. The van der Waals surface area contributed by atoms with Crippen molar-refractivity contribution >= 4 is 27.9 Å². The summed E-state index contributed by atoms with van der Waals surface area (Å²) in [5, 5.41) is 17.6. The third-order valence-corrected chi connectivity index (χ3v) is 6.13. The van der Waals surface area contributed by atoms with Crippen molar-refractivity contribution in [1.82, 2.24) is 34.9 Å². The minimum atomic E-state index is -0.120. The molecule has 6 rings (SSSR count). The van der Waals surface area contributed by atoms with E-state index >= 15 is 0 Å². The lowest BCUT2D eigenvalue weighted by atomic mass is 10.0. The lowest BCUT2D eigenvalue weighted by Gasteiger charge is -2.35. The molecule has 1 fully saturated rings. The minimum Gasteiger partial charge on any atom is -0.379 e. The zero-order valence-electron chi connectivity index (χ0n) is 18.6. The van der Waals surface area contributed by atoms with Crippen LogP contribution in [0.2, 0.25) is 0 Å². The second-order valence-corrected chi connectivity index (χ2v) is 8.19. The molecule has 170 valence electrons. The molecule has 9 heteroatoms. The summed E-state index contributed by atoms with van der Waals surface area (Å²) in [5.74, 6) is 0.793. The van der Waals surface area contributed by atoms with Gasteiger partial charge in [0.05, 0.1) is 30.3 Å². The smallest absolute Gasteiger partial charge is 0.151 e. The Labute approximate surface area is 196 Å². The second kappa shape index (κ2) is 9.12. The Hall–Kier alpha value is -3.95. The van der Waals surface area contributed by atoms with E-state index in [4.69, 9.17) is 9.73 Å². The van der Waals surface area contributed by atoms with Gasteiger partial charge in [-0.1, -0.05) is 65.0 Å². The van der Waals surface area contributed by atoms with E-state index in [0.29, 0.717) is 19.9 Å². The van der Waals surface area contributed by atoms with E-state index in [9.17, 15) is 0 Å². The second-order valence-electron chi connectivity index (χ2n) is 8.19. The maximum absolute atomic E-state index is 5.65. The molecule has 1 unspecified atom stereocenters. The number of aromatic nitrogens is 6. The fourth-order valence-corrected chi connectivity index (χ4v) is 4.46. The topological polar surface area (TPSA) is 86.2 Å². The molecule has 0 radical (unpaired) electrons. The Morgan fingerprint density at radius 1 is 0.794 bits per heavy atom. The number of hydrogen-bond donors (Lipinski definition) is 0. The highest BCUT2D eigenvalue weighted by atomic mass is 16.5. The first-order chi connectivity index (χ1) is 16.9. The standard InChI is InChI=1S/C25H24N8O/c1-2-8-19(9-3-1)24(31-14-16-34-17-15-31)25(33-23-13-7-5-11-21(23)28-30-33)26-18-32-22-12-6-4-10-20(22)27-29-32/h1-13,24H,14-18H2/b26-25+. The van der Waals surface area contributed by atoms with Crippen LogP contribution >= 0.6 is 0 Å². The molecule has 3 heterocycles. The Morgan fingerprint density at radius 2 is 1.44 bits per heavy atom. The van der Waals surface area contributed by atoms with E-state index in [1.54, 1.807) is 0 Å². The fourth-order valence-electron chi connectivity index (χ4n) is 4.46. The minimum absolute atomic E-state index is 0.120. The maximum Gasteiger partial charge on any atom is 0.151 e. The average molecular weight is 453 g/mol. The van der Waals surface area contributed by atoms with E-state index in [0.717, 1.165) is 46.6 Å².